The normalized spacial score (nSPS) is 10.4. The molecule has 0 aliphatic heterocycles. The molecule has 0 aliphatic rings. The minimum absolute atomic E-state index is 0.109. The van der Waals surface area contributed by atoms with Crippen molar-refractivity contribution in [1.29, 1.82) is 0 Å². The van der Waals surface area contributed by atoms with Gasteiger partial charge >= 0.3 is 0 Å². The first kappa shape index (κ1) is 17.2. The van der Waals surface area contributed by atoms with Crippen molar-refractivity contribution in [2.24, 2.45) is 5.10 Å². The number of anilines is 1. The van der Waals surface area contributed by atoms with Crippen LogP contribution in [0.25, 0.3) is 0 Å². The van der Waals surface area contributed by atoms with Gasteiger partial charge in [-0.1, -0.05) is 24.3 Å². The molecule has 2 rings (SSSR count). The number of carbonyl (C=O) groups excluding carboxylic acids is 2. The van der Waals surface area contributed by atoms with Gasteiger partial charge in [0.05, 0.1) is 6.21 Å². The number of hydrogen-bond acceptors (Lipinski definition) is 4. The second-order valence-corrected chi connectivity index (χ2v) is 5.20. The van der Waals surface area contributed by atoms with Gasteiger partial charge < -0.3 is 10.1 Å². The number of rotatable bonds is 6. The standard InChI is InChI=1S/C18H19N3O3/c1-13-4-3-5-17(10-13)24-12-18(23)21-19-11-15-6-8-16(9-7-15)20-14(2)22/h3-11H,12H2,1-2H3,(H,20,22)(H,21,23)/b19-11+. The Labute approximate surface area is 140 Å². The second kappa shape index (κ2) is 8.47. The molecule has 0 bridgehead atoms. The zero-order valence-corrected chi connectivity index (χ0v) is 13.6. The van der Waals surface area contributed by atoms with Crippen molar-refractivity contribution >= 4 is 23.7 Å². The van der Waals surface area contributed by atoms with Gasteiger partial charge in [-0.05, 0) is 42.3 Å². The van der Waals surface area contributed by atoms with Gasteiger partial charge in [-0.25, -0.2) is 5.43 Å². The van der Waals surface area contributed by atoms with E-state index in [9.17, 15) is 9.59 Å². The Kier molecular flexibility index (Phi) is 6.08. The third-order valence-electron chi connectivity index (χ3n) is 2.99. The molecular formula is C18H19N3O3. The van der Waals surface area contributed by atoms with Crippen LogP contribution >= 0.6 is 0 Å². The van der Waals surface area contributed by atoms with E-state index in [-0.39, 0.29) is 18.4 Å². The van der Waals surface area contributed by atoms with Crippen LogP contribution in [0.2, 0.25) is 0 Å². The molecule has 0 aromatic heterocycles. The SMILES string of the molecule is CC(=O)Nc1ccc(/C=N/NC(=O)COc2cccc(C)c2)cc1. The molecule has 2 N–H and O–H groups in total. The molecule has 2 aromatic carbocycles. The van der Waals surface area contributed by atoms with Crippen LogP contribution in [-0.2, 0) is 9.59 Å². The van der Waals surface area contributed by atoms with Gasteiger partial charge in [0.1, 0.15) is 5.75 Å². The lowest BCUT2D eigenvalue weighted by Crippen LogP contribution is -2.24. The molecule has 0 aliphatic carbocycles. The highest BCUT2D eigenvalue weighted by Gasteiger charge is 2.01. The van der Waals surface area contributed by atoms with Gasteiger partial charge in [0.25, 0.3) is 5.91 Å². The van der Waals surface area contributed by atoms with Crippen molar-refractivity contribution in [3.05, 3.63) is 59.7 Å². The summed E-state index contributed by atoms with van der Waals surface area (Å²) in [4.78, 5) is 22.6. The molecule has 2 amide bonds. The first-order chi connectivity index (χ1) is 11.5. The summed E-state index contributed by atoms with van der Waals surface area (Å²) in [5.41, 5.74) is 4.96. The molecule has 0 atom stereocenters. The third kappa shape index (κ3) is 5.92. The monoisotopic (exact) mass is 325 g/mol. The van der Waals surface area contributed by atoms with E-state index in [0.29, 0.717) is 11.4 Å². The van der Waals surface area contributed by atoms with Gasteiger partial charge in [0.2, 0.25) is 5.91 Å². The molecule has 0 saturated heterocycles. The highest BCUT2D eigenvalue weighted by atomic mass is 16.5. The molecule has 0 heterocycles. The molecule has 0 radical (unpaired) electrons. The van der Waals surface area contributed by atoms with E-state index in [0.717, 1.165) is 11.1 Å². The Morgan fingerprint density at radius 2 is 1.92 bits per heavy atom. The largest absolute Gasteiger partial charge is 0.484 e. The molecule has 0 saturated carbocycles. The average Bonchev–Trinajstić information content (AvgIpc) is 2.54. The summed E-state index contributed by atoms with van der Waals surface area (Å²) in [6, 6.07) is 14.5. The maximum Gasteiger partial charge on any atom is 0.277 e. The van der Waals surface area contributed by atoms with Gasteiger partial charge in [-0.2, -0.15) is 5.10 Å². The van der Waals surface area contributed by atoms with Crippen molar-refractivity contribution in [2.45, 2.75) is 13.8 Å². The molecule has 6 heteroatoms. The summed E-state index contributed by atoms with van der Waals surface area (Å²) >= 11 is 0. The molecule has 0 fully saturated rings. The maximum atomic E-state index is 11.7. The summed E-state index contributed by atoms with van der Waals surface area (Å²) in [6.07, 6.45) is 1.52. The summed E-state index contributed by atoms with van der Waals surface area (Å²) in [5.74, 6) is 0.169. The number of nitrogens with zero attached hydrogens (tertiary/aromatic N) is 1. The minimum Gasteiger partial charge on any atom is -0.484 e. The van der Waals surface area contributed by atoms with E-state index in [1.54, 1.807) is 30.3 Å². The summed E-state index contributed by atoms with van der Waals surface area (Å²) in [7, 11) is 0. The van der Waals surface area contributed by atoms with E-state index in [4.69, 9.17) is 4.74 Å². The van der Waals surface area contributed by atoms with Crippen LogP contribution in [0.3, 0.4) is 0 Å². The Hall–Kier alpha value is -3.15. The molecule has 0 spiro atoms. The smallest absolute Gasteiger partial charge is 0.277 e. The Bertz CT molecular complexity index is 739. The zero-order valence-electron chi connectivity index (χ0n) is 13.6. The van der Waals surface area contributed by atoms with E-state index >= 15 is 0 Å². The number of amides is 2. The van der Waals surface area contributed by atoms with Crippen LogP contribution in [-0.4, -0.2) is 24.6 Å². The Morgan fingerprint density at radius 3 is 2.58 bits per heavy atom. The summed E-state index contributed by atoms with van der Waals surface area (Å²) in [6.45, 7) is 3.29. The van der Waals surface area contributed by atoms with Crippen molar-refractivity contribution in [3.8, 4) is 5.75 Å². The number of nitrogens with one attached hydrogen (secondary N) is 2. The lowest BCUT2D eigenvalue weighted by atomic mass is 10.2. The topological polar surface area (TPSA) is 79.8 Å². The van der Waals surface area contributed by atoms with Gasteiger partial charge in [-0.15, -0.1) is 0 Å². The highest BCUT2D eigenvalue weighted by molar-refractivity contribution is 5.89. The number of ether oxygens (including phenoxy) is 1. The number of hydrazone groups is 1. The van der Waals surface area contributed by atoms with E-state index in [1.807, 2.05) is 25.1 Å². The fraction of sp³-hybridized carbons (Fsp3) is 0.167. The minimum atomic E-state index is -0.345. The lowest BCUT2D eigenvalue weighted by molar-refractivity contribution is -0.123. The van der Waals surface area contributed by atoms with Crippen LogP contribution in [0.4, 0.5) is 5.69 Å². The van der Waals surface area contributed by atoms with E-state index < -0.39 is 0 Å². The van der Waals surface area contributed by atoms with Crippen LogP contribution < -0.4 is 15.5 Å². The van der Waals surface area contributed by atoms with Gasteiger partial charge in [0, 0.05) is 12.6 Å². The second-order valence-electron chi connectivity index (χ2n) is 5.20. The predicted molar refractivity (Wildman–Crippen MR) is 93.2 cm³/mol. The fourth-order valence-electron chi connectivity index (χ4n) is 1.92. The molecule has 124 valence electrons. The Balaban J connectivity index is 1.78. The third-order valence-corrected chi connectivity index (χ3v) is 2.99. The summed E-state index contributed by atoms with van der Waals surface area (Å²) < 4.78 is 5.38. The van der Waals surface area contributed by atoms with Crippen LogP contribution in [0, 0.1) is 6.92 Å². The number of aryl methyl sites for hydroxylation is 1. The van der Waals surface area contributed by atoms with Gasteiger partial charge in [0.15, 0.2) is 6.61 Å². The summed E-state index contributed by atoms with van der Waals surface area (Å²) in [5, 5.41) is 6.54. The molecule has 0 unspecified atom stereocenters. The fourth-order valence-corrected chi connectivity index (χ4v) is 1.92. The van der Waals surface area contributed by atoms with Crippen LogP contribution in [0.15, 0.2) is 53.6 Å². The lowest BCUT2D eigenvalue weighted by Gasteiger charge is -2.05. The highest BCUT2D eigenvalue weighted by Crippen LogP contribution is 2.12. The van der Waals surface area contributed by atoms with Crippen LogP contribution in [0.5, 0.6) is 5.75 Å². The van der Waals surface area contributed by atoms with Gasteiger partial charge in [-0.3, -0.25) is 9.59 Å². The first-order valence-electron chi connectivity index (χ1n) is 7.42. The number of benzene rings is 2. The predicted octanol–water partition coefficient (Wildman–Crippen LogP) is 2.48. The maximum absolute atomic E-state index is 11.7. The average molecular weight is 325 g/mol. The molecule has 24 heavy (non-hydrogen) atoms. The Morgan fingerprint density at radius 1 is 1.17 bits per heavy atom. The van der Waals surface area contributed by atoms with Crippen molar-refractivity contribution in [2.75, 3.05) is 11.9 Å². The number of hydrogen-bond donors (Lipinski definition) is 2. The van der Waals surface area contributed by atoms with E-state index in [1.165, 1.54) is 13.1 Å². The zero-order chi connectivity index (χ0) is 17.4. The van der Waals surface area contributed by atoms with Crippen LogP contribution in [0.1, 0.15) is 18.1 Å². The number of carbonyl (C=O) groups is 2. The molecular weight excluding hydrogens is 306 g/mol. The van der Waals surface area contributed by atoms with E-state index in [2.05, 4.69) is 15.8 Å². The molecule has 2 aromatic rings. The molecule has 6 nitrogen and oxygen atoms in total. The first-order valence-corrected chi connectivity index (χ1v) is 7.42. The quantitative estimate of drug-likeness (QED) is 0.632. The van der Waals surface area contributed by atoms with Crippen molar-refractivity contribution < 1.29 is 14.3 Å². The van der Waals surface area contributed by atoms with Crippen molar-refractivity contribution in [3.63, 3.8) is 0 Å². The van der Waals surface area contributed by atoms with Crippen molar-refractivity contribution in [1.82, 2.24) is 5.43 Å².